The molecule has 0 heterocycles. The molecule has 192 valence electrons. The Morgan fingerprint density at radius 3 is 1.95 bits per heavy atom. The molecule has 0 saturated heterocycles. The highest BCUT2D eigenvalue weighted by Crippen LogP contribution is 2.58. The summed E-state index contributed by atoms with van der Waals surface area (Å²) in [6, 6.07) is 41.4. The molecule has 0 aromatic heterocycles. The Morgan fingerprint density at radius 2 is 1.02 bits per heavy atom. The van der Waals surface area contributed by atoms with Crippen molar-refractivity contribution in [3.63, 3.8) is 0 Å². The summed E-state index contributed by atoms with van der Waals surface area (Å²) in [7, 11) is 0. The third-order valence-electron chi connectivity index (χ3n) is 10.5. The zero-order valence-electron chi connectivity index (χ0n) is 22.9. The topological polar surface area (TPSA) is 0 Å². The van der Waals surface area contributed by atoms with Gasteiger partial charge >= 0.3 is 0 Å². The molecule has 0 nitrogen and oxygen atoms in total. The van der Waals surface area contributed by atoms with Gasteiger partial charge in [0.15, 0.2) is 0 Å². The summed E-state index contributed by atoms with van der Waals surface area (Å²) in [5.74, 6) is 0.854. The van der Waals surface area contributed by atoms with Gasteiger partial charge in [-0.2, -0.15) is 0 Å². The second-order valence-corrected chi connectivity index (χ2v) is 12.3. The van der Waals surface area contributed by atoms with Gasteiger partial charge in [0.05, 0.1) is 0 Å². The van der Waals surface area contributed by atoms with Crippen LogP contribution in [0.25, 0.3) is 89.0 Å². The van der Waals surface area contributed by atoms with Gasteiger partial charge < -0.3 is 0 Å². The fourth-order valence-electron chi connectivity index (χ4n) is 8.84. The van der Waals surface area contributed by atoms with Gasteiger partial charge in [0.1, 0.15) is 0 Å². The number of benzene rings is 7. The number of allylic oxidation sites excluding steroid dienone is 2. The standard InChI is InChI=1S/C42H24/c1-2-8-28(30-20-22-36-32-10-4-6-24-12-14-26-16-18-34(30)42(36)40(26)38(24)32)27(7-1)29-19-21-35-31-9-3-5-23-11-13-25-15-17-33(29)41(35)39(25)37(23)31/h1-22,25,39H. The third-order valence-corrected chi connectivity index (χ3v) is 10.5. The Labute approximate surface area is 243 Å². The zero-order chi connectivity index (χ0) is 27.1. The maximum absolute atomic E-state index is 2.44. The average molecular weight is 529 g/mol. The Kier molecular flexibility index (Phi) is 3.77. The molecule has 7 aromatic carbocycles. The minimum atomic E-state index is 0.421. The zero-order valence-corrected chi connectivity index (χ0v) is 22.9. The number of rotatable bonds is 2. The van der Waals surface area contributed by atoms with E-state index in [1.165, 1.54) is 99.1 Å². The molecule has 0 saturated carbocycles. The first kappa shape index (κ1) is 21.5. The number of hydrogen-bond acceptors (Lipinski definition) is 0. The molecule has 0 N–H and O–H groups in total. The molecule has 0 fully saturated rings. The molecule has 0 spiro atoms. The highest BCUT2D eigenvalue weighted by Gasteiger charge is 2.40. The van der Waals surface area contributed by atoms with Crippen LogP contribution in [0.1, 0.15) is 28.2 Å². The fourth-order valence-corrected chi connectivity index (χ4v) is 8.84. The van der Waals surface area contributed by atoms with Crippen molar-refractivity contribution in [3.05, 3.63) is 144 Å². The van der Waals surface area contributed by atoms with Gasteiger partial charge in [-0.05, 0) is 99.1 Å². The van der Waals surface area contributed by atoms with E-state index in [0.29, 0.717) is 11.8 Å². The summed E-state index contributed by atoms with van der Waals surface area (Å²) in [5, 5.41) is 8.22. The highest BCUT2D eigenvalue weighted by molar-refractivity contribution is 6.34. The Bertz CT molecular complexity index is 2470. The Morgan fingerprint density at radius 1 is 0.381 bits per heavy atom. The van der Waals surface area contributed by atoms with Gasteiger partial charge in [0.2, 0.25) is 0 Å². The van der Waals surface area contributed by atoms with Gasteiger partial charge in [0, 0.05) is 11.8 Å². The van der Waals surface area contributed by atoms with E-state index in [-0.39, 0.29) is 0 Å². The SMILES string of the molecule is C1=CC2C=Cc3c(-c4ccccc4-c4ccc5c6c4ccc4ccc7cccc-5c7c46)ccc4c3C2c2c1cccc2-4. The first-order valence-electron chi connectivity index (χ1n) is 15.0. The van der Waals surface area contributed by atoms with Crippen LogP contribution in [0.5, 0.6) is 0 Å². The quantitative estimate of drug-likeness (QED) is 0.196. The molecule has 0 heteroatoms. The summed E-state index contributed by atoms with van der Waals surface area (Å²) in [6.45, 7) is 0. The van der Waals surface area contributed by atoms with Crippen molar-refractivity contribution in [2.45, 2.75) is 5.92 Å². The monoisotopic (exact) mass is 528 g/mol. The van der Waals surface area contributed by atoms with Crippen molar-refractivity contribution in [2.24, 2.45) is 5.92 Å². The van der Waals surface area contributed by atoms with Gasteiger partial charge in [-0.1, -0.05) is 133 Å². The van der Waals surface area contributed by atoms with Crippen LogP contribution < -0.4 is 0 Å². The summed E-state index contributed by atoms with van der Waals surface area (Å²) in [6.07, 6.45) is 9.57. The van der Waals surface area contributed by atoms with Gasteiger partial charge in [-0.15, -0.1) is 0 Å². The van der Waals surface area contributed by atoms with Crippen molar-refractivity contribution in [1.29, 1.82) is 0 Å². The molecule has 2 unspecified atom stereocenters. The van der Waals surface area contributed by atoms with Crippen LogP contribution in [0.15, 0.2) is 121 Å². The van der Waals surface area contributed by atoms with Crippen LogP contribution >= 0.6 is 0 Å². The maximum atomic E-state index is 2.44. The highest BCUT2D eigenvalue weighted by atomic mass is 14.4. The van der Waals surface area contributed by atoms with E-state index in [4.69, 9.17) is 0 Å². The van der Waals surface area contributed by atoms with Crippen LogP contribution in [0.4, 0.5) is 0 Å². The lowest BCUT2D eigenvalue weighted by atomic mass is 9.73. The van der Waals surface area contributed by atoms with Crippen molar-refractivity contribution < 1.29 is 0 Å². The summed E-state index contributed by atoms with van der Waals surface area (Å²) in [5.41, 5.74) is 16.6. The van der Waals surface area contributed by atoms with E-state index >= 15 is 0 Å². The summed E-state index contributed by atoms with van der Waals surface area (Å²) in [4.78, 5) is 0. The molecule has 7 aromatic rings. The van der Waals surface area contributed by atoms with E-state index in [1.807, 2.05) is 0 Å². The van der Waals surface area contributed by atoms with E-state index in [2.05, 4.69) is 133 Å². The lowest BCUT2D eigenvalue weighted by Gasteiger charge is -2.30. The molecule has 0 amide bonds. The lowest BCUT2D eigenvalue weighted by molar-refractivity contribution is 0.687. The smallest absolute Gasteiger partial charge is 0.0211 e. The van der Waals surface area contributed by atoms with Crippen molar-refractivity contribution in [3.8, 4) is 44.5 Å². The van der Waals surface area contributed by atoms with Crippen LogP contribution in [0.2, 0.25) is 0 Å². The molecule has 0 aliphatic heterocycles. The van der Waals surface area contributed by atoms with E-state index < -0.39 is 0 Å². The average Bonchev–Trinajstić information content (AvgIpc) is 3.58. The minimum Gasteiger partial charge on any atom is -0.0761 e. The Hall–Kier alpha value is -5.20. The third kappa shape index (κ3) is 2.43. The number of hydrogen-bond donors (Lipinski definition) is 0. The normalized spacial score (nSPS) is 17.8. The maximum Gasteiger partial charge on any atom is 0.0211 e. The van der Waals surface area contributed by atoms with Crippen LogP contribution in [0, 0.1) is 5.92 Å². The van der Waals surface area contributed by atoms with Gasteiger partial charge in [0.25, 0.3) is 0 Å². The van der Waals surface area contributed by atoms with Crippen molar-refractivity contribution in [2.75, 3.05) is 0 Å². The van der Waals surface area contributed by atoms with Crippen LogP contribution in [-0.4, -0.2) is 0 Å². The first-order chi connectivity index (χ1) is 20.8. The van der Waals surface area contributed by atoms with Crippen molar-refractivity contribution >= 4 is 44.5 Å². The van der Waals surface area contributed by atoms with E-state index in [0.717, 1.165) is 0 Å². The predicted octanol–water partition coefficient (Wildman–Crippen LogP) is 11.2. The molecule has 42 heavy (non-hydrogen) atoms. The molecule has 4 aliphatic rings. The summed E-state index contributed by atoms with van der Waals surface area (Å²) < 4.78 is 0. The summed E-state index contributed by atoms with van der Waals surface area (Å²) >= 11 is 0. The van der Waals surface area contributed by atoms with Gasteiger partial charge in [-0.25, -0.2) is 0 Å². The predicted molar refractivity (Wildman–Crippen MR) is 178 cm³/mol. The largest absolute Gasteiger partial charge is 0.0761 e. The lowest BCUT2D eigenvalue weighted by Crippen LogP contribution is -2.16. The molecular weight excluding hydrogens is 504 g/mol. The molecule has 2 atom stereocenters. The van der Waals surface area contributed by atoms with Crippen LogP contribution in [-0.2, 0) is 0 Å². The van der Waals surface area contributed by atoms with Crippen LogP contribution in [0.3, 0.4) is 0 Å². The van der Waals surface area contributed by atoms with Gasteiger partial charge in [-0.3, -0.25) is 0 Å². The molecule has 11 rings (SSSR count). The van der Waals surface area contributed by atoms with Crippen molar-refractivity contribution in [1.82, 2.24) is 0 Å². The molecule has 0 bridgehead atoms. The molecule has 0 radical (unpaired) electrons. The minimum absolute atomic E-state index is 0.421. The molecular formula is C42H24. The Balaban J connectivity index is 1.18. The first-order valence-corrected chi connectivity index (χ1v) is 15.0. The number of fused-ring (bicyclic) bond motifs is 2. The van der Waals surface area contributed by atoms with E-state index in [1.54, 1.807) is 0 Å². The second kappa shape index (κ2) is 7.35. The second-order valence-electron chi connectivity index (χ2n) is 12.3. The molecule has 4 aliphatic carbocycles. The van der Waals surface area contributed by atoms with E-state index in [9.17, 15) is 0 Å². The fraction of sp³-hybridized carbons (Fsp3) is 0.0476.